The van der Waals surface area contributed by atoms with E-state index in [2.05, 4.69) is 4.98 Å². The molecule has 0 radical (unpaired) electrons. The van der Waals surface area contributed by atoms with Crippen LogP contribution in [-0.2, 0) is 16.1 Å². The lowest BCUT2D eigenvalue weighted by Crippen LogP contribution is -2.32. The second-order valence-electron chi connectivity index (χ2n) is 5.28. The first-order valence-corrected chi connectivity index (χ1v) is 7.74. The van der Waals surface area contributed by atoms with Crippen molar-refractivity contribution in [3.05, 3.63) is 63.8 Å². The molecule has 0 unspecified atom stereocenters. The molecule has 2 rings (SSSR count). The molecule has 1 aromatic heterocycles. The van der Waals surface area contributed by atoms with Crippen molar-refractivity contribution in [1.29, 1.82) is 0 Å². The minimum absolute atomic E-state index is 0.100. The van der Waals surface area contributed by atoms with E-state index in [1.807, 2.05) is 6.07 Å². The lowest BCUT2D eigenvalue weighted by molar-refractivity contribution is -0.384. The van der Waals surface area contributed by atoms with Crippen molar-refractivity contribution in [2.75, 3.05) is 18.1 Å². The molecular formula is C17H17N3O6. The summed E-state index contributed by atoms with van der Waals surface area (Å²) < 4.78 is 4.92. The van der Waals surface area contributed by atoms with E-state index in [1.54, 1.807) is 31.2 Å². The van der Waals surface area contributed by atoms with Crippen molar-refractivity contribution in [3.8, 4) is 0 Å². The van der Waals surface area contributed by atoms with Gasteiger partial charge in [0.15, 0.2) is 0 Å². The number of benzene rings is 1. The van der Waals surface area contributed by atoms with Crippen molar-refractivity contribution < 1.29 is 24.4 Å². The first-order valence-electron chi connectivity index (χ1n) is 7.74. The van der Waals surface area contributed by atoms with Crippen LogP contribution in [0.25, 0.3) is 0 Å². The molecule has 26 heavy (non-hydrogen) atoms. The maximum Gasteiger partial charge on any atom is 0.337 e. The van der Waals surface area contributed by atoms with Gasteiger partial charge < -0.3 is 14.7 Å². The Hall–Kier alpha value is -3.49. The average Bonchev–Trinajstić information content (AvgIpc) is 2.61. The van der Waals surface area contributed by atoms with E-state index in [-0.39, 0.29) is 31.1 Å². The van der Waals surface area contributed by atoms with Crippen LogP contribution < -0.4 is 4.90 Å². The summed E-state index contributed by atoms with van der Waals surface area (Å²) >= 11 is 0. The molecule has 0 aliphatic carbocycles. The van der Waals surface area contributed by atoms with E-state index in [1.165, 1.54) is 4.90 Å². The molecule has 1 heterocycles. The summed E-state index contributed by atoms with van der Waals surface area (Å²) in [5.74, 6) is -1.99. The summed E-state index contributed by atoms with van der Waals surface area (Å²) in [6, 6.07) is 9.95. The lowest BCUT2D eigenvalue weighted by atomic mass is 10.2. The fourth-order valence-electron chi connectivity index (χ4n) is 2.31. The highest BCUT2D eigenvalue weighted by Gasteiger charge is 2.25. The number of carbonyl (C=O) groups is 2. The van der Waals surface area contributed by atoms with E-state index in [0.717, 1.165) is 17.8 Å². The maximum absolute atomic E-state index is 11.9. The summed E-state index contributed by atoms with van der Waals surface area (Å²) in [4.78, 5) is 39.0. The standard InChI is InChI=1S/C17H17N3O6/c1-2-26-15(21)11-19(10-12-6-4-3-5-7-12)16-14(20(24)25)8-13(9-18-16)17(22)23/h3-9H,2,10-11H2,1H3,(H,22,23). The molecule has 136 valence electrons. The Morgan fingerprint density at radius 3 is 2.58 bits per heavy atom. The summed E-state index contributed by atoms with van der Waals surface area (Å²) in [5, 5.41) is 20.4. The lowest BCUT2D eigenvalue weighted by Gasteiger charge is -2.22. The van der Waals surface area contributed by atoms with Gasteiger partial charge in [0.05, 0.1) is 17.1 Å². The molecule has 1 aromatic carbocycles. The molecule has 0 atom stereocenters. The van der Waals surface area contributed by atoms with Gasteiger partial charge in [0.25, 0.3) is 0 Å². The molecule has 9 heteroatoms. The fraction of sp³-hybridized carbons (Fsp3) is 0.235. The van der Waals surface area contributed by atoms with Crippen LogP contribution in [0.1, 0.15) is 22.8 Å². The third-order valence-corrected chi connectivity index (χ3v) is 3.43. The van der Waals surface area contributed by atoms with E-state index >= 15 is 0 Å². The molecular weight excluding hydrogens is 342 g/mol. The predicted octanol–water partition coefficient (Wildman–Crippen LogP) is 2.26. The molecule has 1 N–H and O–H groups in total. The van der Waals surface area contributed by atoms with Gasteiger partial charge >= 0.3 is 17.6 Å². The van der Waals surface area contributed by atoms with Gasteiger partial charge in [-0.3, -0.25) is 14.9 Å². The van der Waals surface area contributed by atoms with Crippen LogP contribution in [0.4, 0.5) is 11.5 Å². The Kier molecular flexibility index (Phi) is 6.20. The summed E-state index contributed by atoms with van der Waals surface area (Å²) in [6.07, 6.45) is 1.02. The highest BCUT2D eigenvalue weighted by Crippen LogP contribution is 2.28. The van der Waals surface area contributed by atoms with Crippen LogP contribution in [0.2, 0.25) is 0 Å². The second-order valence-corrected chi connectivity index (χ2v) is 5.28. The largest absolute Gasteiger partial charge is 0.478 e. The van der Waals surface area contributed by atoms with Gasteiger partial charge in [0.2, 0.25) is 5.82 Å². The Morgan fingerprint density at radius 1 is 1.31 bits per heavy atom. The molecule has 0 spiro atoms. The Bertz CT molecular complexity index is 809. The average molecular weight is 359 g/mol. The van der Waals surface area contributed by atoms with Crippen molar-refractivity contribution >= 4 is 23.4 Å². The number of aromatic nitrogens is 1. The zero-order valence-electron chi connectivity index (χ0n) is 14.0. The number of aromatic carboxylic acids is 1. The first-order chi connectivity index (χ1) is 12.4. The predicted molar refractivity (Wildman–Crippen MR) is 92.0 cm³/mol. The SMILES string of the molecule is CCOC(=O)CN(Cc1ccccc1)c1ncc(C(=O)O)cc1[N+](=O)[O-]. The molecule has 0 saturated heterocycles. The van der Waals surface area contributed by atoms with Crippen LogP contribution in [0.3, 0.4) is 0 Å². The van der Waals surface area contributed by atoms with Crippen molar-refractivity contribution in [2.45, 2.75) is 13.5 Å². The van der Waals surface area contributed by atoms with E-state index < -0.39 is 22.5 Å². The maximum atomic E-state index is 11.9. The first kappa shape index (κ1) is 18.8. The molecule has 2 aromatic rings. The molecule has 0 aliphatic heterocycles. The molecule has 0 fully saturated rings. The number of carboxylic acid groups (broad SMARTS) is 1. The zero-order chi connectivity index (χ0) is 19.1. The normalized spacial score (nSPS) is 10.2. The summed E-state index contributed by atoms with van der Waals surface area (Å²) in [5.41, 5.74) is -0.00316. The van der Waals surface area contributed by atoms with Crippen molar-refractivity contribution in [2.24, 2.45) is 0 Å². The Labute approximate surface area is 149 Å². The molecule has 9 nitrogen and oxygen atoms in total. The number of nitro groups is 1. The minimum atomic E-state index is -1.33. The van der Waals surface area contributed by atoms with Gasteiger partial charge in [0.1, 0.15) is 6.54 Å². The van der Waals surface area contributed by atoms with E-state index in [9.17, 15) is 19.7 Å². The smallest absolute Gasteiger partial charge is 0.337 e. The van der Waals surface area contributed by atoms with Gasteiger partial charge in [-0.05, 0) is 12.5 Å². The van der Waals surface area contributed by atoms with Gasteiger partial charge in [0, 0.05) is 18.8 Å². The quantitative estimate of drug-likeness (QED) is 0.432. The van der Waals surface area contributed by atoms with E-state index in [4.69, 9.17) is 9.84 Å². The number of hydrogen-bond acceptors (Lipinski definition) is 7. The van der Waals surface area contributed by atoms with E-state index in [0.29, 0.717) is 0 Å². The number of esters is 1. The minimum Gasteiger partial charge on any atom is -0.478 e. The molecule has 0 saturated carbocycles. The highest BCUT2D eigenvalue weighted by atomic mass is 16.6. The monoisotopic (exact) mass is 359 g/mol. The van der Waals surface area contributed by atoms with Crippen LogP contribution in [0.15, 0.2) is 42.6 Å². The number of hydrogen-bond donors (Lipinski definition) is 1. The number of pyridine rings is 1. The van der Waals surface area contributed by atoms with Crippen molar-refractivity contribution in [3.63, 3.8) is 0 Å². The summed E-state index contributed by atoms with van der Waals surface area (Å²) in [7, 11) is 0. The number of carboxylic acids is 1. The third-order valence-electron chi connectivity index (χ3n) is 3.43. The van der Waals surface area contributed by atoms with Gasteiger partial charge in [-0.15, -0.1) is 0 Å². The summed E-state index contributed by atoms with van der Waals surface area (Å²) in [6.45, 7) is 1.73. The Balaban J connectivity index is 2.44. The van der Waals surface area contributed by atoms with Gasteiger partial charge in [-0.1, -0.05) is 30.3 Å². The fourth-order valence-corrected chi connectivity index (χ4v) is 2.31. The Morgan fingerprint density at radius 2 is 2.00 bits per heavy atom. The van der Waals surface area contributed by atoms with Gasteiger partial charge in [-0.25, -0.2) is 9.78 Å². The van der Waals surface area contributed by atoms with Crippen molar-refractivity contribution in [1.82, 2.24) is 4.98 Å². The third kappa shape index (κ3) is 4.76. The second kappa shape index (κ2) is 8.56. The van der Waals surface area contributed by atoms with Crippen LogP contribution in [-0.4, -0.2) is 40.1 Å². The molecule has 0 bridgehead atoms. The number of nitrogens with zero attached hydrogens (tertiary/aromatic N) is 3. The number of rotatable bonds is 8. The number of ether oxygens (including phenoxy) is 1. The van der Waals surface area contributed by atoms with Gasteiger partial charge in [-0.2, -0.15) is 0 Å². The number of carbonyl (C=O) groups excluding carboxylic acids is 1. The van der Waals surface area contributed by atoms with Crippen LogP contribution in [0, 0.1) is 10.1 Å². The zero-order valence-corrected chi connectivity index (χ0v) is 14.0. The molecule has 0 amide bonds. The molecule has 0 aliphatic rings. The topological polar surface area (TPSA) is 123 Å². The highest BCUT2D eigenvalue weighted by molar-refractivity contribution is 5.89. The van der Waals surface area contributed by atoms with Crippen LogP contribution in [0.5, 0.6) is 0 Å². The number of anilines is 1. The van der Waals surface area contributed by atoms with Crippen LogP contribution >= 0.6 is 0 Å².